The molecule has 0 aliphatic rings. The summed E-state index contributed by atoms with van der Waals surface area (Å²) in [5, 5.41) is 15.1. The van der Waals surface area contributed by atoms with Gasteiger partial charge < -0.3 is 9.47 Å². The summed E-state index contributed by atoms with van der Waals surface area (Å²) >= 11 is 0. The lowest BCUT2D eigenvalue weighted by Crippen LogP contribution is -2.09. The number of methoxy groups -OCH3 is 2. The first-order chi connectivity index (χ1) is 16.1. The molecular formula is C23H22N8O2. The predicted octanol–water partition coefficient (Wildman–Crippen LogP) is 2.94. The Bertz CT molecular complexity index is 1370. The molecule has 0 bridgehead atoms. The zero-order valence-electron chi connectivity index (χ0n) is 18.4. The Kier molecular flexibility index (Phi) is 5.39. The highest BCUT2D eigenvalue weighted by atomic mass is 16.5. The van der Waals surface area contributed by atoms with Gasteiger partial charge in [0.2, 0.25) is 0 Å². The molecule has 1 N–H and O–H groups in total. The standard InChI is InChI=1S/C23H22N8O2/c1-31-13-15(10-26-31)22-12-24-21-5-4-20(27-23(21)28-22)19(8-16-11-25-30-29-16)14-6-17(32-2)9-18(7-14)33-3/h4-7,9-13,19H,8H2,1-3H3,(H,25,29,30). The number of ether oxygens (including phenoxy) is 2. The topological polar surface area (TPSA) is 117 Å². The van der Waals surface area contributed by atoms with Crippen molar-refractivity contribution in [2.75, 3.05) is 14.2 Å². The number of aryl methyl sites for hydroxylation is 1. The molecule has 166 valence electrons. The number of pyridine rings is 1. The monoisotopic (exact) mass is 442 g/mol. The van der Waals surface area contributed by atoms with E-state index >= 15 is 0 Å². The first-order valence-corrected chi connectivity index (χ1v) is 10.3. The maximum absolute atomic E-state index is 5.49. The first-order valence-electron chi connectivity index (χ1n) is 10.3. The van der Waals surface area contributed by atoms with Crippen LogP contribution in [0.5, 0.6) is 11.5 Å². The molecule has 1 atom stereocenters. The lowest BCUT2D eigenvalue weighted by atomic mass is 9.90. The van der Waals surface area contributed by atoms with Crippen molar-refractivity contribution in [1.29, 1.82) is 0 Å². The van der Waals surface area contributed by atoms with Crippen LogP contribution in [-0.2, 0) is 13.5 Å². The smallest absolute Gasteiger partial charge is 0.179 e. The molecule has 1 aromatic carbocycles. The third kappa shape index (κ3) is 4.22. The molecule has 0 saturated carbocycles. The number of hydrogen-bond donors (Lipinski definition) is 1. The largest absolute Gasteiger partial charge is 0.497 e. The van der Waals surface area contributed by atoms with Crippen molar-refractivity contribution in [3.8, 4) is 22.8 Å². The second-order valence-electron chi connectivity index (χ2n) is 7.60. The van der Waals surface area contributed by atoms with E-state index < -0.39 is 0 Å². The number of fused-ring (bicyclic) bond motifs is 1. The van der Waals surface area contributed by atoms with Gasteiger partial charge in [-0.25, -0.2) is 9.97 Å². The average Bonchev–Trinajstić information content (AvgIpc) is 3.53. The summed E-state index contributed by atoms with van der Waals surface area (Å²) in [5.74, 6) is 1.27. The highest BCUT2D eigenvalue weighted by Gasteiger charge is 2.21. The normalized spacial score (nSPS) is 12.1. The fourth-order valence-electron chi connectivity index (χ4n) is 3.76. The number of benzene rings is 1. The van der Waals surface area contributed by atoms with Gasteiger partial charge in [-0.1, -0.05) is 0 Å². The van der Waals surface area contributed by atoms with Crippen LogP contribution in [0.3, 0.4) is 0 Å². The Hall–Kier alpha value is -4.34. The molecule has 0 amide bonds. The van der Waals surface area contributed by atoms with Gasteiger partial charge in [0.15, 0.2) is 5.65 Å². The number of nitrogens with one attached hydrogen (secondary N) is 1. The van der Waals surface area contributed by atoms with Crippen LogP contribution in [0.4, 0.5) is 0 Å². The molecule has 4 heterocycles. The van der Waals surface area contributed by atoms with Crippen molar-refractivity contribution in [1.82, 2.24) is 40.1 Å². The van der Waals surface area contributed by atoms with Crippen LogP contribution < -0.4 is 9.47 Å². The number of hydrogen-bond acceptors (Lipinski definition) is 8. The average molecular weight is 442 g/mol. The van der Waals surface area contributed by atoms with Crippen LogP contribution in [0, 0.1) is 0 Å². The molecule has 10 nitrogen and oxygen atoms in total. The second kappa shape index (κ2) is 8.65. The first kappa shape index (κ1) is 20.6. The molecule has 0 fully saturated rings. The van der Waals surface area contributed by atoms with Crippen molar-refractivity contribution < 1.29 is 9.47 Å². The van der Waals surface area contributed by atoms with Crippen molar-refractivity contribution in [3.05, 3.63) is 72.1 Å². The van der Waals surface area contributed by atoms with Gasteiger partial charge in [-0.2, -0.15) is 20.5 Å². The lowest BCUT2D eigenvalue weighted by Gasteiger charge is -2.18. The fraction of sp³-hybridized carbons (Fsp3) is 0.217. The minimum absolute atomic E-state index is 0.132. The number of aromatic nitrogens is 8. The van der Waals surface area contributed by atoms with Gasteiger partial charge in [-0.05, 0) is 29.8 Å². The van der Waals surface area contributed by atoms with Gasteiger partial charge in [-0.3, -0.25) is 9.67 Å². The second-order valence-corrected chi connectivity index (χ2v) is 7.60. The minimum Gasteiger partial charge on any atom is -0.497 e. The van der Waals surface area contributed by atoms with Crippen molar-refractivity contribution in [2.45, 2.75) is 12.3 Å². The Morgan fingerprint density at radius 2 is 1.82 bits per heavy atom. The van der Waals surface area contributed by atoms with Crippen molar-refractivity contribution in [3.63, 3.8) is 0 Å². The van der Waals surface area contributed by atoms with E-state index in [2.05, 4.69) is 25.5 Å². The van der Waals surface area contributed by atoms with E-state index in [0.29, 0.717) is 23.6 Å². The molecule has 5 aromatic rings. The Labute approximate surface area is 189 Å². The van der Waals surface area contributed by atoms with Gasteiger partial charge in [0.05, 0.1) is 49.9 Å². The van der Waals surface area contributed by atoms with Crippen molar-refractivity contribution >= 4 is 11.2 Å². The van der Waals surface area contributed by atoms with E-state index in [1.54, 1.807) is 37.5 Å². The predicted molar refractivity (Wildman–Crippen MR) is 121 cm³/mol. The zero-order valence-corrected chi connectivity index (χ0v) is 18.4. The van der Waals surface area contributed by atoms with Gasteiger partial charge in [0.25, 0.3) is 0 Å². The molecule has 1 unspecified atom stereocenters. The number of H-pyrrole nitrogens is 1. The van der Waals surface area contributed by atoms with E-state index in [1.807, 2.05) is 43.6 Å². The third-order valence-corrected chi connectivity index (χ3v) is 5.44. The van der Waals surface area contributed by atoms with Gasteiger partial charge in [0.1, 0.15) is 17.0 Å². The molecule has 5 rings (SSSR count). The van der Waals surface area contributed by atoms with Gasteiger partial charge >= 0.3 is 0 Å². The number of nitrogens with zero attached hydrogens (tertiary/aromatic N) is 7. The Morgan fingerprint density at radius 1 is 1.00 bits per heavy atom. The molecule has 4 aromatic heterocycles. The van der Waals surface area contributed by atoms with Crippen LogP contribution in [0.1, 0.15) is 22.9 Å². The quantitative estimate of drug-likeness (QED) is 0.409. The highest BCUT2D eigenvalue weighted by molar-refractivity contribution is 5.73. The molecule has 10 heteroatoms. The zero-order chi connectivity index (χ0) is 22.8. The van der Waals surface area contributed by atoms with E-state index in [-0.39, 0.29) is 5.92 Å². The lowest BCUT2D eigenvalue weighted by molar-refractivity contribution is 0.393. The maximum atomic E-state index is 5.49. The molecular weight excluding hydrogens is 420 g/mol. The summed E-state index contributed by atoms with van der Waals surface area (Å²) in [5.41, 5.74) is 5.52. The summed E-state index contributed by atoms with van der Waals surface area (Å²) in [6, 6.07) is 9.71. The van der Waals surface area contributed by atoms with E-state index in [9.17, 15) is 0 Å². The molecule has 0 spiro atoms. The van der Waals surface area contributed by atoms with E-state index in [4.69, 9.17) is 19.4 Å². The van der Waals surface area contributed by atoms with Crippen LogP contribution >= 0.6 is 0 Å². The van der Waals surface area contributed by atoms with E-state index in [0.717, 1.165) is 33.7 Å². The van der Waals surface area contributed by atoms with Crippen molar-refractivity contribution in [2.24, 2.45) is 7.05 Å². The molecule has 0 radical (unpaired) electrons. The molecule has 33 heavy (non-hydrogen) atoms. The summed E-state index contributed by atoms with van der Waals surface area (Å²) in [7, 11) is 5.13. The van der Waals surface area contributed by atoms with Crippen LogP contribution in [0.25, 0.3) is 22.4 Å². The summed E-state index contributed by atoms with van der Waals surface area (Å²) in [6.07, 6.45) is 7.69. The van der Waals surface area contributed by atoms with Gasteiger partial charge in [0, 0.05) is 37.2 Å². The van der Waals surface area contributed by atoms with E-state index in [1.165, 1.54) is 0 Å². The summed E-state index contributed by atoms with van der Waals surface area (Å²) in [6.45, 7) is 0. The SMILES string of the molecule is COc1cc(OC)cc(C(Cc2cn[nH]n2)c2ccc3ncc(-c4cnn(C)c4)nc3n2)c1. The van der Waals surface area contributed by atoms with Gasteiger partial charge in [-0.15, -0.1) is 0 Å². The van der Waals surface area contributed by atoms with Crippen LogP contribution in [0.2, 0.25) is 0 Å². The summed E-state index contributed by atoms with van der Waals surface area (Å²) in [4.78, 5) is 14.2. The third-order valence-electron chi connectivity index (χ3n) is 5.44. The molecule has 0 aliphatic carbocycles. The minimum atomic E-state index is -0.132. The Balaban J connectivity index is 1.61. The number of aromatic amines is 1. The highest BCUT2D eigenvalue weighted by Crippen LogP contribution is 2.33. The number of rotatable bonds is 7. The van der Waals surface area contributed by atoms with Crippen LogP contribution in [-0.4, -0.2) is 54.4 Å². The molecule has 0 saturated heterocycles. The Morgan fingerprint density at radius 3 is 2.48 bits per heavy atom. The van der Waals surface area contributed by atoms with Crippen LogP contribution in [0.15, 0.2) is 55.1 Å². The fourth-order valence-corrected chi connectivity index (χ4v) is 3.76. The molecule has 0 aliphatic heterocycles. The maximum Gasteiger partial charge on any atom is 0.179 e. The summed E-state index contributed by atoms with van der Waals surface area (Å²) < 4.78 is 12.7.